The van der Waals surface area contributed by atoms with Crippen LogP contribution in [0.2, 0.25) is 0 Å². The zero-order chi connectivity index (χ0) is 17.9. The van der Waals surface area contributed by atoms with Crippen LogP contribution in [0.15, 0.2) is 0 Å². The summed E-state index contributed by atoms with van der Waals surface area (Å²) in [5.41, 5.74) is 0. The van der Waals surface area contributed by atoms with Crippen molar-refractivity contribution in [3.63, 3.8) is 0 Å². The van der Waals surface area contributed by atoms with Crippen LogP contribution in [-0.4, -0.2) is 67.1 Å². The van der Waals surface area contributed by atoms with Crippen molar-refractivity contribution in [3.8, 4) is 0 Å². The fourth-order valence-corrected chi connectivity index (χ4v) is 3.43. The Morgan fingerprint density at radius 2 is 2.08 bits per heavy atom. The lowest BCUT2D eigenvalue weighted by Gasteiger charge is -2.14. The van der Waals surface area contributed by atoms with Crippen LogP contribution < -0.4 is 10.6 Å². The SMILES string of the molecule is CNC(=O)CCOCCNC(=O)CCN1C(=O)CC(SP=N)C1=O. The number of nitrogens with one attached hydrogen (secondary N) is 3. The van der Waals surface area contributed by atoms with Crippen molar-refractivity contribution in [3.05, 3.63) is 0 Å². The van der Waals surface area contributed by atoms with Crippen LogP contribution in [0.5, 0.6) is 0 Å². The third-order valence-corrected chi connectivity index (χ3v) is 5.07. The van der Waals surface area contributed by atoms with Gasteiger partial charge in [0.25, 0.3) is 0 Å². The van der Waals surface area contributed by atoms with E-state index >= 15 is 0 Å². The summed E-state index contributed by atoms with van der Waals surface area (Å²) in [5.74, 6) is -1.01. The molecule has 3 N–H and O–H groups in total. The van der Waals surface area contributed by atoms with Gasteiger partial charge in [-0.05, 0) is 0 Å². The first kappa shape index (κ1) is 20.5. The summed E-state index contributed by atoms with van der Waals surface area (Å²) in [5, 5.41) is 11.7. The largest absolute Gasteiger partial charge is 0.379 e. The normalized spacial score (nSPS) is 17.4. The highest BCUT2D eigenvalue weighted by atomic mass is 32.7. The van der Waals surface area contributed by atoms with Crippen LogP contribution >= 0.6 is 19.0 Å². The predicted octanol–water partition coefficient (Wildman–Crippen LogP) is 0.130. The van der Waals surface area contributed by atoms with Gasteiger partial charge < -0.3 is 15.4 Å². The molecule has 0 saturated carbocycles. The highest BCUT2D eigenvalue weighted by molar-refractivity contribution is 8.46. The Hall–Kier alpha value is -1.51. The van der Waals surface area contributed by atoms with Crippen LogP contribution in [0.3, 0.4) is 0 Å². The number of rotatable bonds is 11. The molecule has 0 aromatic rings. The van der Waals surface area contributed by atoms with E-state index in [2.05, 4.69) is 10.6 Å². The van der Waals surface area contributed by atoms with E-state index in [1.165, 1.54) is 0 Å². The number of carbonyl (C=O) groups is 4. The quantitative estimate of drug-likeness (QED) is 0.267. The summed E-state index contributed by atoms with van der Waals surface area (Å²) < 4.78 is 5.19. The van der Waals surface area contributed by atoms with Crippen LogP contribution in [0.1, 0.15) is 19.3 Å². The molecule has 1 atom stereocenters. The number of carbonyl (C=O) groups excluding carboxylic acids is 4. The van der Waals surface area contributed by atoms with Crippen molar-refractivity contribution < 1.29 is 23.9 Å². The second-order valence-electron chi connectivity index (χ2n) is 4.91. The standard InChI is InChI=1S/C13H21N4O5PS/c1-15-10(18)3-6-22-7-4-16-11(19)2-5-17-12(20)8-9(13(17)21)24-23-14/h9,14H,2-8H2,1H3,(H,15,18)(H,16,19). The molecular weight excluding hydrogens is 355 g/mol. The molecule has 0 bridgehead atoms. The number of hydrogen-bond donors (Lipinski definition) is 3. The minimum absolute atomic E-state index is 0.0334. The zero-order valence-electron chi connectivity index (χ0n) is 13.4. The van der Waals surface area contributed by atoms with Crippen LogP contribution in [-0.2, 0) is 23.9 Å². The molecule has 11 heteroatoms. The average Bonchev–Trinajstić information content (AvgIpc) is 2.82. The van der Waals surface area contributed by atoms with E-state index in [0.717, 1.165) is 16.3 Å². The Morgan fingerprint density at radius 3 is 2.75 bits per heavy atom. The average molecular weight is 376 g/mol. The Labute approximate surface area is 145 Å². The maximum absolute atomic E-state index is 11.9. The second kappa shape index (κ2) is 11.1. The van der Waals surface area contributed by atoms with E-state index < -0.39 is 5.25 Å². The van der Waals surface area contributed by atoms with E-state index in [0.29, 0.717) is 6.54 Å². The summed E-state index contributed by atoms with van der Waals surface area (Å²) in [6.07, 6.45) is 0.391. The second-order valence-corrected chi connectivity index (χ2v) is 7.05. The molecule has 0 aromatic heterocycles. The van der Waals surface area contributed by atoms with Gasteiger partial charge in [0.2, 0.25) is 23.6 Å². The lowest BCUT2D eigenvalue weighted by molar-refractivity contribution is -0.138. The van der Waals surface area contributed by atoms with Gasteiger partial charge in [-0.3, -0.25) is 29.2 Å². The molecule has 1 heterocycles. The lowest BCUT2D eigenvalue weighted by atomic mass is 10.3. The first-order valence-electron chi connectivity index (χ1n) is 7.41. The molecule has 0 aliphatic carbocycles. The molecule has 0 aromatic carbocycles. The van der Waals surface area contributed by atoms with Gasteiger partial charge >= 0.3 is 0 Å². The zero-order valence-corrected chi connectivity index (χ0v) is 15.1. The maximum atomic E-state index is 11.9. The van der Waals surface area contributed by atoms with Crippen LogP contribution in [0.4, 0.5) is 0 Å². The molecule has 4 amide bonds. The van der Waals surface area contributed by atoms with Crippen molar-refractivity contribution in [2.24, 2.45) is 0 Å². The van der Waals surface area contributed by atoms with Crippen molar-refractivity contribution >= 4 is 42.6 Å². The van der Waals surface area contributed by atoms with E-state index in [4.69, 9.17) is 9.90 Å². The molecule has 0 radical (unpaired) electrons. The molecule has 24 heavy (non-hydrogen) atoms. The fraction of sp³-hybridized carbons (Fsp3) is 0.692. The van der Waals surface area contributed by atoms with Crippen LogP contribution in [0, 0.1) is 5.16 Å². The van der Waals surface area contributed by atoms with Gasteiger partial charge in [0, 0.05) is 39.4 Å². The summed E-state index contributed by atoms with van der Waals surface area (Å²) in [4.78, 5) is 47.4. The number of imide groups is 1. The van der Waals surface area contributed by atoms with Gasteiger partial charge in [-0.1, -0.05) is 11.4 Å². The first-order chi connectivity index (χ1) is 11.5. The first-order valence-corrected chi connectivity index (χ1v) is 9.79. The number of amides is 4. The molecule has 1 aliphatic heterocycles. The molecule has 1 aliphatic rings. The van der Waals surface area contributed by atoms with Gasteiger partial charge in [0.05, 0.1) is 20.8 Å². The summed E-state index contributed by atoms with van der Waals surface area (Å²) >= 11 is 1.10. The molecule has 1 unspecified atom stereocenters. The van der Waals surface area contributed by atoms with E-state index in [1.54, 1.807) is 7.05 Å². The van der Waals surface area contributed by atoms with Crippen molar-refractivity contribution in [2.45, 2.75) is 24.5 Å². The highest BCUT2D eigenvalue weighted by Crippen LogP contribution is 2.32. The summed E-state index contributed by atoms with van der Waals surface area (Å²) in [6, 6.07) is 0. The summed E-state index contributed by atoms with van der Waals surface area (Å²) in [7, 11) is 1.80. The van der Waals surface area contributed by atoms with Gasteiger partial charge in [0.1, 0.15) is 5.25 Å². The minimum Gasteiger partial charge on any atom is -0.379 e. The van der Waals surface area contributed by atoms with Gasteiger partial charge in [-0.25, -0.2) is 0 Å². The van der Waals surface area contributed by atoms with Crippen molar-refractivity contribution in [2.75, 3.05) is 33.4 Å². The smallest absolute Gasteiger partial charge is 0.243 e. The Balaban J connectivity index is 2.15. The molecule has 1 fully saturated rings. The predicted molar refractivity (Wildman–Crippen MR) is 89.5 cm³/mol. The van der Waals surface area contributed by atoms with Gasteiger partial charge in [-0.15, -0.1) is 0 Å². The maximum Gasteiger partial charge on any atom is 0.243 e. The van der Waals surface area contributed by atoms with E-state index in [9.17, 15) is 19.2 Å². The van der Waals surface area contributed by atoms with Gasteiger partial charge in [-0.2, -0.15) is 0 Å². The van der Waals surface area contributed by atoms with Gasteiger partial charge in [0.15, 0.2) is 0 Å². The molecule has 134 valence electrons. The topological polar surface area (TPSA) is 129 Å². The molecule has 1 saturated heterocycles. The third kappa shape index (κ3) is 6.94. The number of hydrogen-bond acceptors (Lipinski definition) is 7. The minimum atomic E-state index is -0.506. The number of ether oxygens (including phenoxy) is 1. The van der Waals surface area contributed by atoms with Crippen molar-refractivity contribution in [1.29, 1.82) is 5.16 Å². The Kier molecular flexibility index (Phi) is 9.51. The van der Waals surface area contributed by atoms with E-state index in [1.807, 2.05) is 0 Å². The Morgan fingerprint density at radius 1 is 1.33 bits per heavy atom. The molecule has 9 nitrogen and oxygen atoms in total. The van der Waals surface area contributed by atoms with Crippen molar-refractivity contribution in [1.82, 2.24) is 15.5 Å². The van der Waals surface area contributed by atoms with E-state index in [-0.39, 0.29) is 70.2 Å². The monoisotopic (exact) mass is 376 g/mol. The number of likely N-dealkylation sites (tertiary alicyclic amines) is 1. The third-order valence-electron chi connectivity index (χ3n) is 3.27. The molecular formula is C13H21N4O5PS. The Bertz CT molecular complexity index is 505. The number of nitrogens with zero attached hydrogens (tertiary/aromatic N) is 1. The lowest BCUT2D eigenvalue weighted by Crippen LogP contribution is -2.36. The molecule has 1 rings (SSSR count). The molecule has 0 spiro atoms. The van der Waals surface area contributed by atoms with Crippen LogP contribution in [0.25, 0.3) is 0 Å². The summed E-state index contributed by atoms with van der Waals surface area (Å²) in [6.45, 7) is 0.907. The fourth-order valence-electron chi connectivity index (χ4n) is 1.99. The highest BCUT2D eigenvalue weighted by Gasteiger charge is 2.38.